The molecule has 0 bridgehead atoms. The lowest BCUT2D eigenvalue weighted by Gasteiger charge is -2.19. The van der Waals surface area contributed by atoms with Gasteiger partial charge in [-0.2, -0.15) is 0 Å². The summed E-state index contributed by atoms with van der Waals surface area (Å²) in [6.45, 7) is 2.04. The zero-order valence-corrected chi connectivity index (χ0v) is 15.7. The molecule has 29 heavy (non-hydrogen) atoms. The van der Waals surface area contributed by atoms with E-state index in [1.54, 1.807) is 18.2 Å². The smallest absolute Gasteiger partial charge is 0.337 e. The van der Waals surface area contributed by atoms with E-state index < -0.39 is 17.8 Å². The summed E-state index contributed by atoms with van der Waals surface area (Å²) < 4.78 is 15.7. The number of benzene rings is 2. The SMILES string of the molecule is COC(=O)c1ccc2c(c1)N(C(C)=O)C(=O)/C2=C(/O)c1ccc2c(c1)OCCO2. The molecule has 0 saturated carbocycles. The normalized spacial score (nSPS) is 16.3. The molecule has 0 aliphatic carbocycles. The summed E-state index contributed by atoms with van der Waals surface area (Å²) in [7, 11) is 1.24. The second kappa shape index (κ2) is 6.97. The van der Waals surface area contributed by atoms with Gasteiger partial charge in [0.25, 0.3) is 5.91 Å². The van der Waals surface area contributed by atoms with Crippen LogP contribution in [-0.2, 0) is 14.3 Å². The third-order valence-electron chi connectivity index (χ3n) is 4.71. The third-order valence-corrected chi connectivity index (χ3v) is 4.71. The van der Waals surface area contributed by atoms with Gasteiger partial charge < -0.3 is 19.3 Å². The van der Waals surface area contributed by atoms with E-state index in [0.29, 0.717) is 35.8 Å². The number of carbonyl (C=O) groups excluding carboxylic acids is 3. The summed E-state index contributed by atoms with van der Waals surface area (Å²) in [5.74, 6) is -1.12. The number of aliphatic hydroxyl groups excluding tert-OH is 1. The molecule has 0 atom stereocenters. The monoisotopic (exact) mass is 395 g/mol. The number of ether oxygens (including phenoxy) is 3. The minimum atomic E-state index is -0.679. The van der Waals surface area contributed by atoms with Crippen LogP contribution in [0.5, 0.6) is 11.5 Å². The molecule has 8 nitrogen and oxygen atoms in total. The van der Waals surface area contributed by atoms with Crippen LogP contribution in [0.2, 0.25) is 0 Å². The van der Waals surface area contributed by atoms with Crippen molar-refractivity contribution in [3.8, 4) is 11.5 Å². The van der Waals surface area contributed by atoms with Crippen LogP contribution in [0, 0.1) is 0 Å². The summed E-state index contributed by atoms with van der Waals surface area (Å²) in [6.07, 6.45) is 0. The van der Waals surface area contributed by atoms with Crippen molar-refractivity contribution in [1.82, 2.24) is 0 Å². The van der Waals surface area contributed by atoms with Crippen LogP contribution < -0.4 is 14.4 Å². The second-order valence-corrected chi connectivity index (χ2v) is 6.47. The van der Waals surface area contributed by atoms with Crippen molar-refractivity contribution >= 4 is 34.8 Å². The van der Waals surface area contributed by atoms with Crippen molar-refractivity contribution in [2.45, 2.75) is 6.92 Å². The standard InChI is InChI=1S/C21H17NO7/c1-11(23)22-15-9-13(21(26)27-2)3-5-14(15)18(20(22)25)19(24)12-4-6-16-17(10-12)29-8-7-28-16/h3-6,9-10,24H,7-8H2,1-2H3/b19-18+. The van der Waals surface area contributed by atoms with Gasteiger partial charge in [0, 0.05) is 18.1 Å². The first-order valence-corrected chi connectivity index (χ1v) is 8.83. The van der Waals surface area contributed by atoms with Crippen LogP contribution in [0.1, 0.15) is 28.4 Å². The first kappa shape index (κ1) is 18.5. The molecule has 148 valence electrons. The van der Waals surface area contributed by atoms with Crippen molar-refractivity contribution in [3.63, 3.8) is 0 Å². The topological polar surface area (TPSA) is 102 Å². The first-order chi connectivity index (χ1) is 13.9. The van der Waals surface area contributed by atoms with Gasteiger partial charge in [-0.05, 0) is 30.3 Å². The molecule has 2 aliphatic rings. The van der Waals surface area contributed by atoms with E-state index in [4.69, 9.17) is 14.2 Å². The molecule has 4 rings (SSSR count). The molecular weight excluding hydrogens is 378 g/mol. The maximum atomic E-state index is 13.0. The van der Waals surface area contributed by atoms with E-state index in [1.165, 1.54) is 32.2 Å². The average Bonchev–Trinajstić information content (AvgIpc) is 3.03. The van der Waals surface area contributed by atoms with Gasteiger partial charge in [-0.3, -0.25) is 9.59 Å². The molecule has 0 aromatic heterocycles. The molecule has 1 N–H and O–H groups in total. The number of fused-ring (bicyclic) bond motifs is 2. The fourth-order valence-electron chi connectivity index (χ4n) is 3.39. The number of esters is 1. The quantitative estimate of drug-likeness (QED) is 0.474. The molecule has 0 radical (unpaired) electrons. The Kier molecular flexibility index (Phi) is 4.46. The highest BCUT2D eigenvalue weighted by Crippen LogP contribution is 2.42. The van der Waals surface area contributed by atoms with Gasteiger partial charge in [-0.1, -0.05) is 6.07 Å². The Morgan fingerprint density at radius 2 is 1.72 bits per heavy atom. The zero-order chi connectivity index (χ0) is 20.7. The molecule has 0 saturated heterocycles. The Bertz CT molecular complexity index is 1090. The Morgan fingerprint density at radius 1 is 1.03 bits per heavy atom. The van der Waals surface area contributed by atoms with E-state index in [9.17, 15) is 19.5 Å². The van der Waals surface area contributed by atoms with Crippen molar-refractivity contribution in [2.24, 2.45) is 0 Å². The fourth-order valence-corrected chi connectivity index (χ4v) is 3.39. The highest BCUT2D eigenvalue weighted by Gasteiger charge is 2.38. The summed E-state index contributed by atoms with van der Waals surface area (Å²) in [5, 5.41) is 10.9. The van der Waals surface area contributed by atoms with Gasteiger partial charge >= 0.3 is 5.97 Å². The van der Waals surface area contributed by atoms with Crippen molar-refractivity contribution < 1.29 is 33.7 Å². The minimum Gasteiger partial charge on any atom is -0.506 e. The Hall–Kier alpha value is -3.81. The predicted octanol–water partition coefficient (Wildman–Crippen LogP) is 2.56. The van der Waals surface area contributed by atoms with Crippen LogP contribution in [-0.4, -0.2) is 43.2 Å². The van der Waals surface area contributed by atoms with Crippen LogP contribution in [0.4, 0.5) is 5.69 Å². The van der Waals surface area contributed by atoms with E-state index in [-0.39, 0.29) is 22.6 Å². The summed E-state index contributed by atoms with van der Waals surface area (Å²) >= 11 is 0. The van der Waals surface area contributed by atoms with Gasteiger partial charge in [-0.25, -0.2) is 9.69 Å². The average molecular weight is 395 g/mol. The van der Waals surface area contributed by atoms with Crippen LogP contribution in [0.25, 0.3) is 11.3 Å². The maximum absolute atomic E-state index is 13.0. The molecule has 2 aromatic carbocycles. The van der Waals surface area contributed by atoms with Gasteiger partial charge in [0.1, 0.15) is 19.0 Å². The molecule has 8 heteroatoms. The molecule has 0 unspecified atom stereocenters. The number of methoxy groups -OCH3 is 1. The van der Waals surface area contributed by atoms with Gasteiger partial charge in [0.05, 0.1) is 23.9 Å². The van der Waals surface area contributed by atoms with Crippen LogP contribution >= 0.6 is 0 Å². The van der Waals surface area contributed by atoms with Crippen LogP contribution in [0.3, 0.4) is 0 Å². The largest absolute Gasteiger partial charge is 0.506 e. The fraction of sp³-hybridized carbons (Fsp3) is 0.190. The summed E-state index contributed by atoms with van der Waals surface area (Å²) in [5.41, 5.74) is 1.04. The van der Waals surface area contributed by atoms with E-state index in [0.717, 1.165) is 4.90 Å². The lowest BCUT2D eigenvalue weighted by atomic mass is 10.0. The minimum absolute atomic E-state index is 0.0386. The predicted molar refractivity (Wildman–Crippen MR) is 103 cm³/mol. The number of aliphatic hydroxyl groups is 1. The molecule has 0 fully saturated rings. The van der Waals surface area contributed by atoms with Crippen molar-refractivity contribution in [3.05, 3.63) is 53.1 Å². The number of nitrogens with zero attached hydrogens (tertiary/aromatic N) is 1. The first-order valence-electron chi connectivity index (χ1n) is 8.83. The number of anilines is 1. The third kappa shape index (κ3) is 2.98. The number of amides is 2. The highest BCUT2D eigenvalue weighted by molar-refractivity contribution is 6.42. The Labute approximate surface area is 165 Å². The lowest BCUT2D eigenvalue weighted by Crippen LogP contribution is -2.31. The Balaban J connectivity index is 1.87. The van der Waals surface area contributed by atoms with E-state index in [1.807, 2.05) is 0 Å². The highest BCUT2D eigenvalue weighted by atomic mass is 16.6. The maximum Gasteiger partial charge on any atom is 0.337 e. The molecule has 0 spiro atoms. The molecule has 2 aliphatic heterocycles. The van der Waals surface area contributed by atoms with Gasteiger partial charge in [0.15, 0.2) is 11.5 Å². The van der Waals surface area contributed by atoms with E-state index in [2.05, 4.69) is 0 Å². The van der Waals surface area contributed by atoms with E-state index >= 15 is 0 Å². The van der Waals surface area contributed by atoms with Crippen LogP contribution in [0.15, 0.2) is 36.4 Å². The molecule has 2 amide bonds. The molecule has 2 aromatic rings. The Morgan fingerprint density at radius 3 is 2.41 bits per heavy atom. The number of rotatable bonds is 2. The summed E-state index contributed by atoms with van der Waals surface area (Å²) in [6, 6.07) is 9.18. The van der Waals surface area contributed by atoms with Gasteiger partial charge in [0.2, 0.25) is 5.91 Å². The summed E-state index contributed by atoms with van der Waals surface area (Å²) in [4.78, 5) is 37.9. The van der Waals surface area contributed by atoms with Crippen molar-refractivity contribution in [2.75, 3.05) is 25.2 Å². The number of imide groups is 1. The zero-order valence-electron chi connectivity index (χ0n) is 15.7. The second-order valence-electron chi connectivity index (χ2n) is 6.47. The number of hydrogen-bond donors (Lipinski definition) is 1. The number of carbonyl (C=O) groups is 3. The molecular formula is C21H17NO7. The van der Waals surface area contributed by atoms with Crippen molar-refractivity contribution in [1.29, 1.82) is 0 Å². The number of hydrogen-bond acceptors (Lipinski definition) is 7. The van der Waals surface area contributed by atoms with Gasteiger partial charge in [-0.15, -0.1) is 0 Å². The molecule has 2 heterocycles. The lowest BCUT2D eigenvalue weighted by molar-refractivity contribution is -0.122.